The van der Waals surface area contributed by atoms with Crippen LogP contribution in [0, 0.1) is 5.92 Å². The molecule has 0 amide bonds. The van der Waals surface area contributed by atoms with Crippen LogP contribution in [0.1, 0.15) is 158 Å². The van der Waals surface area contributed by atoms with E-state index in [-0.39, 0.29) is 5.97 Å². The summed E-state index contributed by atoms with van der Waals surface area (Å²) in [6.07, 6.45) is 26.9. The fourth-order valence-corrected chi connectivity index (χ4v) is 6.05. The summed E-state index contributed by atoms with van der Waals surface area (Å²) in [7, 11) is 0. The average Bonchev–Trinajstić information content (AvgIpc) is 3.08. The van der Waals surface area contributed by atoms with Crippen molar-refractivity contribution in [3.8, 4) is 16.9 Å². The zero-order valence-corrected chi connectivity index (χ0v) is 29.0. The molecule has 0 aliphatic heterocycles. The second-order valence-electron chi connectivity index (χ2n) is 13.4. The molecule has 2 heteroatoms. The molecular formula is C43H62O2. The quantitative estimate of drug-likeness (QED) is 0.0573. The summed E-state index contributed by atoms with van der Waals surface area (Å²) in [5, 5.41) is 0. The fraction of sp³-hybridized carbons (Fsp3) is 0.558. The molecule has 0 radical (unpaired) electrons. The molecule has 0 N–H and O–H groups in total. The van der Waals surface area contributed by atoms with Gasteiger partial charge >= 0.3 is 5.97 Å². The second-order valence-corrected chi connectivity index (χ2v) is 13.4. The average molecular weight is 611 g/mol. The van der Waals surface area contributed by atoms with E-state index in [1.165, 1.54) is 132 Å². The number of esters is 1. The largest absolute Gasteiger partial charge is 0.423 e. The smallest absolute Gasteiger partial charge is 0.343 e. The Bertz CT molecular complexity index is 1160. The maximum absolute atomic E-state index is 12.7. The lowest BCUT2D eigenvalue weighted by atomic mass is 9.97. The molecule has 0 heterocycles. The van der Waals surface area contributed by atoms with Crippen molar-refractivity contribution in [1.82, 2.24) is 0 Å². The first-order chi connectivity index (χ1) is 22.1. The minimum Gasteiger partial charge on any atom is -0.423 e. The number of unbranched alkanes of at least 4 members (excludes halogenated alkanes) is 15. The predicted octanol–water partition coefficient (Wildman–Crippen LogP) is 13.4. The summed E-state index contributed by atoms with van der Waals surface area (Å²) < 4.78 is 5.67. The molecule has 0 saturated carbocycles. The lowest BCUT2D eigenvalue weighted by Crippen LogP contribution is -2.08. The second kappa shape index (κ2) is 22.6. The van der Waals surface area contributed by atoms with Gasteiger partial charge in [-0.15, -0.1) is 0 Å². The molecule has 1 atom stereocenters. The zero-order chi connectivity index (χ0) is 32.0. The van der Waals surface area contributed by atoms with Gasteiger partial charge in [0.25, 0.3) is 0 Å². The lowest BCUT2D eigenvalue weighted by molar-refractivity contribution is 0.0734. The summed E-state index contributed by atoms with van der Waals surface area (Å²) in [5.74, 6) is 1.04. The maximum atomic E-state index is 12.7. The third-order valence-electron chi connectivity index (χ3n) is 9.48. The van der Waals surface area contributed by atoms with E-state index in [1.54, 1.807) is 0 Å². The Balaban J connectivity index is 1.24. The van der Waals surface area contributed by atoms with Gasteiger partial charge in [0.1, 0.15) is 5.75 Å². The number of ether oxygens (including phenoxy) is 1. The molecule has 3 rings (SSSR count). The van der Waals surface area contributed by atoms with Gasteiger partial charge in [-0.25, -0.2) is 4.79 Å². The van der Waals surface area contributed by atoms with Gasteiger partial charge in [0, 0.05) is 0 Å². The van der Waals surface area contributed by atoms with Gasteiger partial charge in [-0.05, 0) is 78.1 Å². The zero-order valence-electron chi connectivity index (χ0n) is 29.0. The lowest BCUT2D eigenvalue weighted by Gasteiger charge is -2.09. The number of rotatable bonds is 24. The number of hydrogen-bond donors (Lipinski definition) is 0. The highest BCUT2D eigenvalue weighted by molar-refractivity contribution is 5.91. The molecule has 2 nitrogen and oxygen atoms in total. The van der Waals surface area contributed by atoms with Gasteiger partial charge < -0.3 is 4.74 Å². The van der Waals surface area contributed by atoms with Crippen molar-refractivity contribution in [2.75, 3.05) is 0 Å². The van der Waals surface area contributed by atoms with Gasteiger partial charge in [-0.2, -0.15) is 0 Å². The van der Waals surface area contributed by atoms with Crippen molar-refractivity contribution in [1.29, 1.82) is 0 Å². The maximum Gasteiger partial charge on any atom is 0.343 e. The number of aryl methyl sites for hydroxylation is 2. The topological polar surface area (TPSA) is 26.3 Å². The van der Waals surface area contributed by atoms with Crippen LogP contribution in [-0.4, -0.2) is 5.97 Å². The Kier molecular flexibility index (Phi) is 18.4. The van der Waals surface area contributed by atoms with E-state index < -0.39 is 0 Å². The molecule has 0 saturated heterocycles. The third-order valence-corrected chi connectivity index (χ3v) is 9.48. The van der Waals surface area contributed by atoms with Crippen molar-refractivity contribution >= 4 is 5.97 Å². The molecule has 3 aromatic carbocycles. The third kappa shape index (κ3) is 15.3. The number of carbonyl (C=O) groups is 1. The normalized spacial score (nSPS) is 11.9. The summed E-state index contributed by atoms with van der Waals surface area (Å²) in [6.45, 7) is 6.87. The van der Waals surface area contributed by atoms with E-state index >= 15 is 0 Å². The van der Waals surface area contributed by atoms with Crippen LogP contribution in [0.3, 0.4) is 0 Å². The number of carbonyl (C=O) groups excluding carboxylic acids is 1. The minimum atomic E-state index is -0.303. The number of hydrogen-bond acceptors (Lipinski definition) is 2. The first kappa shape index (κ1) is 36.6. The molecule has 3 aromatic rings. The predicted molar refractivity (Wildman–Crippen MR) is 194 cm³/mol. The van der Waals surface area contributed by atoms with Gasteiger partial charge in [0.15, 0.2) is 0 Å². The molecule has 0 fully saturated rings. The van der Waals surface area contributed by atoms with E-state index in [1.807, 2.05) is 36.4 Å². The van der Waals surface area contributed by atoms with Gasteiger partial charge in [0.2, 0.25) is 0 Å². The van der Waals surface area contributed by atoms with Crippen molar-refractivity contribution < 1.29 is 9.53 Å². The van der Waals surface area contributed by atoms with Crippen LogP contribution in [0.5, 0.6) is 5.75 Å². The van der Waals surface area contributed by atoms with E-state index in [0.717, 1.165) is 24.3 Å². The van der Waals surface area contributed by atoms with E-state index in [4.69, 9.17) is 4.74 Å². The molecule has 0 bridgehead atoms. The van der Waals surface area contributed by atoms with Gasteiger partial charge in [0.05, 0.1) is 5.56 Å². The SMILES string of the molecule is CCCCCCCCCCCCCCCCCCc1ccc(C(=O)Oc2ccc(-c3ccc(CCC(C)CC)cc3)cc2)cc1. The minimum absolute atomic E-state index is 0.303. The van der Waals surface area contributed by atoms with Crippen LogP contribution in [0.25, 0.3) is 11.1 Å². The van der Waals surface area contributed by atoms with Gasteiger partial charge in [-0.1, -0.05) is 172 Å². The van der Waals surface area contributed by atoms with Crippen LogP contribution in [0.15, 0.2) is 72.8 Å². The molecule has 246 valence electrons. The van der Waals surface area contributed by atoms with Crippen molar-refractivity contribution in [2.45, 2.75) is 149 Å². The summed E-state index contributed by atoms with van der Waals surface area (Å²) >= 11 is 0. The highest BCUT2D eigenvalue weighted by Crippen LogP contribution is 2.24. The molecule has 0 aromatic heterocycles. The first-order valence-electron chi connectivity index (χ1n) is 18.6. The molecule has 0 aliphatic carbocycles. The monoisotopic (exact) mass is 610 g/mol. The van der Waals surface area contributed by atoms with Crippen LogP contribution < -0.4 is 4.74 Å². The Hall–Kier alpha value is -2.87. The highest BCUT2D eigenvalue weighted by Gasteiger charge is 2.09. The molecule has 0 aliphatic rings. The molecule has 45 heavy (non-hydrogen) atoms. The van der Waals surface area contributed by atoms with E-state index in [2.05, 4.69) is 57.2 Å². The van der Waals surface area contributed by atoms with Crippen LogP contribution in [0.4, 0.5) is 0 Å². The van der Waals surface area contributed by atoms with Crippen molar-refractivity contribution in [2.24, 2.45) is 5.92 Å². The van der Waals surface area contributed by atoms with Crippen molar-refractivity contribution in [3.63, 3.8) is 0 Å². The van der Waals surface area contributed by atoms with Crippen LogP contribution in [0.2, 0.25) is 0 Å². The Morgan fingerprint density at radius 1 is 0.533 bits per heavy atom. The summed E-state index contributed by atoms with van der Waals surface area (Å²) in [6, 6.07) is 24.6. The van der Waals surface area contributed by atoms with Crippen LogP contribution >= 0.6 is 0 Å². The summed E-state index contributed by atoms with van der Waals surface area (Å²) in [4.78, 5) is 12.7. The Labute approximate surface area is 276 Å². The Morgan fingerprint density at radius 3 is 1.44 bits per heavy atom. The molecular weight excluding hydrogens is 548 g/mol. The molecule has 0 spiro atoms. The standard InChI is InChI=1S/C43H62O2/c1-4-6-7-8-9-10-11-12-13-14-15-16-17-18-19-20-21-37-26-30-41(31-27-37)43(44)45-42-34-32-40(33-35-42)39-28-24-38(25-29-39)23-22-36(3)5-2/h24-36H,4-23H2,1-3H3. The van der Waals surface area contributed by atoms with E-state index in [0.29, 0.717) is 11.3 Å². The van der Waals surface area contributed by atoms with E-state index in [9.17, 15) is 4.79 Å². The van der Waals surface area contributed by atoms with Crippen LogP contribution in [-0.2, 0) is 12.8 Å². The molecule has 1 unspecified atom stereocenters. The number of benzene rings is 3. The summed E-state index contributed by atoms with van der Waals surface area (Å²) in [5.41, 5.74) is 5.59. The van der Waals surface area contributed by atoms with Crippen molar-refractivity contribution in [3.05, 3.63) is 89.5 Å². The van der Waals surface area contributed by atoms with Gasteiger partial charge in [-0.3, -0.25) is 0 Å². The highest BCUT2D eigenvalue weighted by atomic mass is 16.5. The fourth-order valence-electron chi connectivity index (χ4n) is 6.05. The first-order valence-corrected chi connectivity index (χ1v) is 18.6. The Morgan fingerprint density at radius 2 is 0.956 bits per heavy atom.